The van der Waals surface area contributed by atoms with E-state index in [1.807, 2.05) is 35.3 Å². The number of likely N-dealkylation sites (tertiary alicyclic amines) is 1. The van der Waals surface area contributed by atoms with E-state index in [1.54, 1.807) is 0 Å². The number of hydrogen-bond donors (Lipinski definition) is 1. The van der Waals surface area contributed by atoms with Gasteiger partial charge in [0.25, 0.3) is 10.2 Å². The zero-order valence-electron chi connectivity index (χ0n) is 20.3. The molecule has 2 aliphatic carbocycles. The first kappa shape index (κ1) is 27.0. The molecule has 2 bridgehead atoms. The molecule has 12 heteroatoms. The molecule has 2 heterocycles. The van der Waals surface area contributed by atoms with Crippen molar-refractivity contribution in [2.45, 2.75) is 56.4 Å². The van der Waals surface area contributed by atoms with Crippen LogP contribution in [-0.2, 0) is 23.1 Å². The molecule has 0 unspecified atom stereocenters. The van der Waals surface area contributed by atoms with E-state index in [4.69, 9.17) is 0 Å². The predicted molar refractivity (Wildman–Crippen MR) is 127 cm³/mol. The van der Waals surface area contributed by atoms with Crippen molar-refractivity contribution in [3.05, 3.63) is 41.0 Å². The maximum atomic E-state index is 13.1. The molecule has 1 aromatic carbocycles. The normalized spacial score (nSPS) is 31.3. The lowest BCUT2D eigenvalue weighted by Gasteiger charge is -2.33. The molecule has 3 fully saturated rings. The standard InChI is InChI=1S/C25H31F6N3O2S/c26-24(27,28)16-34-15-23(32-37(34,35)36)21-5-6-22(23)14-19-12-17(3-4-18(19)13-21)2-1-9-33-10-7-20(8-11-33)25(29,30)31/h1-4,12,20-22,32H,5-11,13-16H2/t21-,22-,23-/m1/s1. The zero-order chi connectivity index (χ0) is 26.6. The Balaban J connectivity index is 1.26. The number of alkyl halides is 6. The van der Waals surface area contributed by atoms with Gasteiger partial charge < -0.3 is 0 Å². The van der Waals surface area contributed by atoms with Crippen molar-refractivity contribution in [2.24, 2.45) is 17.8 Å². The number of halogens is 6. The highest BCUT2D eigenvalue weighted by atomic mass is 32.2. The van der Waals surface area contributed by atoms with Gasteiger partial charge in [-0.05, 0) is 80.1 Å². The second-order valence-electron chi connectivity index (χ2n) is 11.0. The summed E-state index contributed by atoms with van der Waals surface area (Å²) in [5, 5.41) is 0. The van der Waals surface area contributed by atoms with Crippen LogP contribution in [0.2, 0.25) is 0 Å². The van der Waals surface area contributed by atoms with E-state index < -0.39 is 40.6 Å². The maximum absolute atomic E-state index is 13.1. The topological polar surface area (TPSA) is 52.7 Å². The lowest BCUT2D eigenvalue weighted by molar-refractivity contribution is -0.184. The zero-order valence-corrected chi connectivity index (χ0v) is 21.1. The number of benzene rings is 1. The molecule has 0 aromatic heterocycles. The average Bonchev–Trinajstić information content (AvgIpc) is 3.17. The molecule has 5 nitrogen and oxygen atoms in total. The third kappa shape index (κ3) is 5.58. The second-order valence-corrected chi connectivity index (χ2v) is 12.6. The van der Waals surface area contributed by atoms with Crippen LogP contribution >= 0.6 is 0 Å². The van der Waals surface area contributed by atoms with Crippen LogP contribution < -0.4 is 4.72 Å². The number of rotatable bonds is 4. The van der Waals surface area contributed by atoms with Crippen molar-refractivity contribution in [2.75, 3.05) is 32.7 Å². The first-order valence-corrected chi connectivity index (χ1v) is 14.1. The Bertz CT molecular complexity index is 1140. The fraction of sp³-hybridized carbons (Fsp3) is 0.680. The van der Waals surface area contributed by atoms with Gasteiger partial charge in [0.2, 0.25) is 0 Å². The number of nitrogens with zero attached hydrogens (tertiary/aromatic N) is 2. The molecule has 1 spiro atoms. The first-order valence-electron chi connectivity index (χ1n) is 12.7. The molecule has 1 aromatic rings. The molecule has 1 saturated carbocycles. The van der Waals surface area contributed by atoms with Crippen molar-refractivity contribution in [3.8, 4) is 0 Å². The molecule has 5 rings (SSSR count). The SMILES string of the molecule is O=S1(=O)N[C@]2(CN1CC(F)(F)F)[C@@H]1CC[C@@H]2Cc2cc(C=CCN3CCC(C(F)(F)F)CC3)ccc2C1. The Morgan fingerprint density at radius 3 is 2.24 bits per heavy atom. The van der Waals surface area contributed by atoms with E-state index >= 15 is 0 Å². The summed E-state index contributed by atoms with van der Waals surface area (Å²) in [7, 11) is -4.22. The molecule has 0 radical (unpaired) electrons. The number of piperidine rings is 1. The highest BCUT2D eigenvalue weighted by Crippen LogP contribution is 2.50. The van der Waals surface area contributed by atoms with Gasteiger partial charge in [-0.3, -0.25) is 4.90 Å². The maximum Gasteiger partial charge on any atom is 0.402 e. The third-order valence-corrected chi connectivity index (χ3v) is 10.2. The van der Waals surface area contributed by atoms with Crippen molar-refractivity contribution in [1.82, 2.24) is 13.9 Å². The van der Waals surface area contributed by atoms with Gasteiger partial charge in [-0.2, -0.15) is 43.8 Å². The summed E-state index contributed by atoms with van der Waals surface area (Å²) in [5.41, 5.74) is 2.21. The van der Waals surface area contributed by atoms with Crippen LogP contribution in [0.4, 0.5) is 26.3 Å². The Morgan fingerprint density at radius 1 is 0.973 bits per heavy atom. The quantitative estimate of drug-likeness (QED) is 0.559. The minimum atomic E-state index is -4.61. The largest absolute Gasteiger partial charge is 0.402 e. The summed E-state index contributed by atoms with van der Waals surface area (Å²) < 4.78 is 106. The van der Waals surface area contributed by atoms with Crippen LogP contribution in [-0.4, -0.2) is 68.2 Å². The molecule has 2 saturated heterocycles. The molecule has 0 amide bonds. The van der Waals surface area contributed by atoms with E-state index in [2.05, 4.69) is 4.72 Å². The molecule has 2 aliphatic heterocycles. The van der Waals surface area contributed by atoms with Gasteiger partial charge >= 0.3 is 12.4 Å². The summed E-state index contributed by atoms with van der Waals surface area (Å²) in [6.45, 7) is -0.280. The van der Waals surface area contributed by atoms with Gasteiger partial charge in [0.1, 0.15) is 6.54 Å². The van der Waals surface area contributed by atoms with Crippen molar-refractivity contribution in [3.63, 3.8) is 0 Å². The molecule has 37 heavy (non-hydrogen) atoms. The van der Waals surface area contributed by atoms with Gasteiger partial charge in [0.05, 0.1) is 11.5 Å². The smallest absolute Gasteiger partial charge is 0.300 e. The fourth-order valence-electron chi connectivity index (χ4n) is 6.75. The van der Waals surface area contributed by atoms with E-state index in [-0.39, 0.29) is 31.2 Å². The van der Waals surface area contributed by atoms with Crippen molar-refractivity contribution in [1.29, 1.82) is 0 Å². The minimum absolute atomic E-state index is 0.0761. The van der Waals surface area contributed by atoms with E-state index in [0.717, 1.165) is 29.5 Å². The van der Waals surface area contributed by atoms with Gasteiger partial charge in [0, 0.05) is 13.1 Å². The Kier molecular flexibility index (Phi) is 6.94. The highest BCUT2D eigenvalue weighted by Gasteiger charge is 2.60. The van der Waals surface area contributed by atoms with Crippen LogP contribution in [0.1, 0.15) is 42.4 Å². The molecule has 206 valence electrons. The van der Waals surface area contributed by atoms with E-state index in [9.17, 15) is 34.8 Å². The average molecular weight is 552 g/mol. The van der Waals surface area contributed by atoms with Crippen molar-refractivity contribution >= 4 is 16.3 Å². The molecular formula is C25H31F6N3O2S. The van der Waals surface area contributed by atoms with Gasteiger partial charge in [0.15, 0.2) is 0 Å². The Hall–Kier alpha value is -1.63. The highest BCUT2D eigenvalue weighted by molar-refractivity contribution is 7.87. The number of fused-ring (bicyclic) bond motifs is 1. The van der Waals surface area contributed by atoms with Crippen LogP contribution in [0.15, 0.2) is 24.3 Å². The molecule has 1 N–H and O–H groups in total. The van der Waals surface area contributed by atoms with E-state index in [0.29, 0.717) is 36.8 Å². The fourth-order valence-corrected chi connectivity index (χ4v) is 8.46. The summed E-state index contributed by atoms with van der Waals surface area (Å²) >= 11 is 0. The van der Waals surface area contributed by atoms with Crippen molar-refractivity contribution < 1.29 is 34.8 Å². The summed E-state index contributed by atoms with van der Waals surface area (Å²) in [4.78, 5) is 2.00. The Labute approximate surface area is 213 Å². The lowest BCUT2D eigenvalue weighted by Crippen LogP contribution is -2.52. The second kappa shape index (κ2) is 9.53. The molecule has 3 atom stereocenters. The Morgan fingerprint density at radius 2 is 1.62 bits per heavy atom. The van der Waals surface area contributed by atoms with Gasteiger partial charge in [-0.25, -0.2) is 0 Å². The summed E-state index contributed by atoms with van der Waals surface area (Å²) in [6, 6.07) is 6.02. The first-order chi connectivity index (χ1) is 17.3. The summed E-state index contributed by atoms with van der Waals surface area (Å²) in [5.74, 6) is -1.39. The third-order valence-electron chi connectivity index (χ3n) is 8.66. The number of nitrogens with one attached hydrogen (secondary N) is 1. The van der Waals surface area contributed by atoms with Crippen LogP contribution in [0.5, 0.6) is 0 Å². The van der Waals surface area contributed by atoms with Crippen LogP contribution in [0, 0.1) is 17.8 Å². The molecule has 4 aliphatic rings. The predicted octanol–water partition coefficient (Wildman–Crippen LogP) is 4.55. The number of hydrogen-bond acceptors (Lipinski definition) is 3. The van der Waals surface area contributed by atoms with Gasteiger partial charge in [-0.1, -0.05) is 30.4 Å². The monoisotopic (exact) mass is 551 g/mol. The van der Waals surface area contributed by atoms with Crippen LogP contribution in [0.3, 0.4) is 0 Å². The lowest BCUT2D eigenvalue weighted by atomic mass is 9.79. The molecular weight excluding hydrogens is 520 g/mol. The van der Waals surface area contributed by atoms with Gasteiger partial charge in [-0.15, -0.1) is 0 Å². The van der Waals surface area contributed by atoms with E-state index in [1.165, 1.54) is 0 Å². The van der Waals surface area contributed by atoms with Crippen LogP contribution in [0.25, 0.3) is 6.08 Å². The summed E-state index contributed by atoms with van der Waals surface area (Å²) in [6.07, 6.45) is -1.92. The minimum Gasteiger partial charge on any atom is -0.300 e.